The minimum Gasteiger partial charge on any atom is -0.508 e. The van der Waals surface area contributed by atoms with Gasteiger partial charge in [0, 0.05) is 23.4 Å². The summed E-state index contributed by atoms with van der Waals surface area (Å²) in [6.07, 6.45) is 5.63. The molecule has 1 aromatic carbocycles. The number of aromatic hydroxyl groups is 1. The maximum atomic E-state index is 9.82. The Morgan fingerprint density at radius 1 is 1.04 bits per heavy atom. The van der Waals surface area contributed by atoms with E-state index < -0.39 is 0 Å². The van der Waals surface area contributed by atoms with Gasteiger partial charge in [0.1, 0.15) is 11.9 Å². The summed E-state index contributed by atoms with van der Waals surface area (Å²) in [5.41, 5.74) is 3.31. The summed E-state index contributed by atoms with van der Waals surface area (Å²) in [5, 5.41) is 28.4. The average Bonchev–Trinajstić information content (AvgIpc) is 3.18. The van der Waals surface area contributed by atoms with Crippen LogP contribution in [0.5, 0.6) is 11.6 Å². The van der Waals surface area contributed by atoms with E-state index in [1.165, 1.54) is 0 Å². The molecule has 0 aliphatic carbocycles. The Balaban J connectivity index is 1.60. The van der Waals surface area contributed by atoms with Crippen LogP contribution in [0.3, 0.4) is 0 Å². The van der Waals surface area contributed by atoms with E-state index in [0.29, 0.717) is 11.6 Å². The first kappa shape index (κ1) is 15.6. The fourth-order valence-electron chi connectivity index (χ4n) is 3.00. The summed E-state index contributed by atoms with van der Waals surface area (Å²) in [6, 6.07) is 8.89. The third kappa shape index (κ3) is 3.46. The monoisotopic (exact) mass is 337 g/mol. The maximum Gasteiger partial charge on any atom is 0.233 e. The largest absolute Gasteiger partial charge is 0.508 e. The summed E-state index contributed by atoms with van der Waals surface area (Å²) in [4.78, 5) is 0. The van der Waals surface area contributed by atoms with Crippen molar-refractivity contribution in [2.75, 3.05) is 13.1 Å². The maximum absolute atomic E-state index is 9.82. The van der Waals surface area contributed by atoms with Gasteiger partial charge < -0.3 is 15.2 Å². The molecule has 0 amide bonds. The van der Waals surface area contributed by atoms with E-state index in [1.807, 2.05) is 18.2 Å². The number of piperidine rings is 1. The fourth-order valence-corrected chi connectivity index (χ4v) is 3.00. The molecular weight excluding hydrogens is 318 g/mol. The standard InChI is InChI=1S/C18H19N5O2/c24-13-1-2-15(16(9-13)12-10-20-21-11-12)17-3-4-18(23-22-17)25-14-5-7-19-8-6-14/h1-4,9-11,14,19,24H,5-8H2,(H,20,21). The molecule has 0 spiro atoms. The smallest absolute Gasteiger partial charge is 0.233 e. The summed E-state index contributed by atoms with van der Waals surface area (Å²) in [7, 11) is 0. The number of aromatic nitrogens is 4. The van der Waals surface area contributed by atoms with Crippen LogP contribution in [0.2, 0.25) is 0 Å². The van der Waals surface area contributed by atoms with E-state index in [0.717, 1.165) is 42.6 Å². The van der Waals surface area contributed by atoms with Gasteiger partial charge in [0.2, 0.25) is 5.88 Å². The molecule has 25 heavy (non-hydrogen) atoms. The Hall–Kier alpha value is -2.93. The molecule has 128 valence electrons. The number of nitrogens with zero attached hydrogens (tertiary/aromatic N) is 3. The molecule has 0 bridgehead atoms. The average molecular weight is 337 g/mol. The van der Waals surface area contributed by atoms with Crippen molar-refractivity contribution in [3.63, 3.8) is 0 Å². The van der Waals surface area contributed by atoms with Crippen LogP contribution < -0.4 is 10.1 Å². The molecule has 1 fully saturated rings. The highest BCUT2D eigenvalue weighted by atomic mass is 16.5. The van der Waals surface area contributed by atoms with E-state index in [-0.39, 0.29) is 11.9 Å². The lowest BCUT2D eigenvalue weighted by molar-refractivity contribution is 0.154. The number of hydrogen-bond donors (Lipinski definition) is 3. The third-order valence-corrected chi connectivity index (χ3v) is 4.30. The number of nitrogens with one attached hydrogen (secondary N) is 2. The van der Waals surface area contributed by atoms with Gasteiger partial charge in [-0.2, -0.15) is 5.10 Å². The molecule has 2 aromatic heterocycles. The van der Waals surface area contributed by atoms with Crippen LogP contribution >= 0.6 is 0 Å². The second kappa shape index (κ2) is 6.90. The number of rotatable bonds is 4. The van der Waals surface area contributed by atoms with E-state index in [1.54, 1.807) is 24.5 Å². The van der Waals surface area contributed by atoms with Crippen LogP contribution in [0.25, 0.3) is 22.4 Å². The summed E-state index contributed by atoms with van der Waals surface area (Å²) in [5.74, 6) is 0.734. The van der Waals surface area contributed by atoms with Crippen molar-refractivity contribution >= 4 is 0 Å². The number of benzene rings is 1. The van der Waals surface area contributed by atoms with E-state index in [4.69, 9.17) is 4.74 Å². The Bertz CT molecular complexity index is 827. The minimum absolute atomic E-state index is 0.191. The van der Waals surface area contributed by atoms with Crippen molar-refractivity contribution in [2.45, 2.75) is 18.9 Å². The lowest BCUT2D eigenvalue weighted by atomic mass is 9.99. The van der Waals surface area contributed by atoms with Gasteiger partial charge in [-0.15, -0.1) is 10.2 Å². The van der Waals surface area contributed by atoms with E-state index in [2.05, 4.69) is 25.7 Å². The molecule has 7 heteroatoms. The molecule has 1 saturated heterocycles. The molecule has 0 radical (unpaired) electrons. The highest BCUT2D eigenvalue weighted by Gasteiger charge is 2.16. The highest BCUT2D eigenvalue weighted by molar-refractivity contribution is 5.82. The quantitative estimate of drug-likeness (QED) is 0.676. The molecular formula is C18H19N5O2. The predicted molar refractivity (Wildman–Crippen MR) is 93.2 cm³/mol. The van der Waals surface area contributed by atoms with Crippen molar-refractivity contribution < 1.29 is 9.84 Å². The van der Waals surface area contributed by atoms with Gasteiger partial charge >= 0.3 is 0 Å². The normalized spacial score (nSPS) is 15.2. The second-order valence-electron chi connectivity index (χ2n) is 6.04. The Morgan fingerprint density at radius 2 is 1.92 bits per heavy atom. The zero-order chi connectivity index (χ0) is 17.1. The first-order valence-corrected chi connectivity index (χ1v) is 8.33. The van der Waals surface area contributed by atoms with Crippen molar-refractivity contribution in [3.05, 3.63) is 42.7 Å². The van der Waals surface area contributed by atoms with Gasteiger partial charge in [0.25, 0.3) is 0 Å². The molecule has 1 aliphatic heterocycles. The Morgan fingerprint density at radius 3 is 2.64 bits per heavy atom. The molecule has 3 heterocycles. The van der Waals surface area contributed by atoms with Crippen LogP contribution in [0, 0.1) is 0 Å². The van der Waals surface area contributed by atoms with Gasteiger partial charge in [0.15, 0.2) is 0 Å². The molecule has 7 nitrogen and oxygen atoms in total. The first-order valence-electron chi connectivity index (χ1n) is 8.33. The Kier molecular flexibility index (Phi) is 4.30. The number of phenols is 1. The highest BCUT2D eigenvalue weighted by Crippen LogP contribution is 2.33. The van der Waals surface area contributed by atoms with E-state index in [9.17, 15) is 5.11 Å². The van der Waals surface area contributed by atoms with Crippen LogP contribution in [0.4, 0.5) is 0 Å². The number of phenolic OH excluding ortho intramolecular Hbond substituents is 1. The van der Waals surface area contributed by atoms with Gasteiger partial charge in [-0.1, -0.05) is 0 Å². The second-order valence-corrected chi connectivity index (χ2v) is 6.04. The minimum atomic E-state index is 0.191. The van der Waals surface area contributed by atoms with E-state index >= 15 is 0 Å². The van der Waals surface area contributed by atoms with Crippen molar-refractivity contribution in [2.24, 2.45) is 0 Å². The van der Waals surface area contributed by atoms with Crippen LogP contribution in [-0.4, -0.2) is 44.7 Å². The first-order chi connectivity index (χ1) is 12.3. The zero-order valence-corrected chi connectivity index (χ0v) is 13.6. The lowest BCUT2D eigenvalue weighted by Gasteiger charge is -2.22. The predicted octanol–water partition coefficient (Wildman–Crippen LogP) is 2.37. The fraction of sp³-hybridized carbons (Fsp3) is 0.278. The number of H-pyrrole nitrogens is 1. The summed E-state index contributed by atoms with van der Waals surface area (Å²) < 4.78 is 5.90. The number of aromatic amines is 1. The van der Waals surface area contributed by atoms with Gasteiger partial charge in [-0.3, -0.25) is 5.10 Å². The van der Waals surface area contributed by atoms with Gasteiger partial charge in [0.05, 0.1) is 11.9 Å². The van der Waals surface area contributed by atoms with Crippen LogP contribution in [0.15, 0.2) is 42.7 Å². The SMILES string of the molecule is Oc1ccc(-c2ccc(OC3CCNCC3)nn2)c(-c2cn[nH]c2)c1. The topological polar surface area (TPSA) is 96.0 Å². The lowest BCUT2D eigenvalue weighted by Crippen LogP contribution is -2.34. The van der Waals surface area contributed by atoms with Gasteiger partial charge in [-0.05, 0) is 55.8 Å². The molecule has 0 saturated carbocycles. The molecule has 3 aromatic rings. The summed E-state index contributed by atoms with van der Waals surface area (Å²) in [6.45, 7) is 1.94. The molecule has 0 unspecified atom stereocenters. The molecule has 4 rings (SSSR count). The number of hydrogen-bond acceptors (Lipinski definition) is 6. The molecule has 3 N–H and O–H groups in total. The molecule has 1 aliphatic rings. The van der Waals surface area contributed by atoms with Crippen molar-refractivity contribution in [1.82, 2.24) is 25.7 Å². The van der Waals surface area contributed by atoms with Crippen molar-refractivity contribution in [3.8, 4) is 34.0 Å². The summed E-state index contributed by atoms with van der Waals surface area (Å²) >= 11 is 0. The third-order valence-electron chi connectivity index (χ3n) is 4.30. The van der Waals surface area contributed by atoms with Gasteiger partial charge in [-0.25, -0.2) is 0 Å². The molecule has 0 atom stereocenters. The zero-order valence-electron chi connectivity index (χ0n) is 13.6. The van der Waals surface area contributed by atoms with Crippen LogP contribution in [-0.2, 0) is 0 Å². The van der Waals surface area contributed by atoms with Crippen LogP contribution in [0.1, 0.15) is 12.8 Å². The van der Waals surface area contributed by atoms with Crippen molar-refractivity contribution in [1.29, 1.82) is 0 Å². The number of ether oxygens (including phenoxy) is 1. The Labute approximate surface area is 145 Å².